The quantitative estimate of drug-likeness (QED) is 0.745. The minimum Gasteiger partial charge on any atom is -0.311 e. The van der Waals surface area contributed by atoms with Crippen molar-refractivity contribution in [3.63, 3.8) is 0 Å². The third kappa shape index (κ3) is 4.35. The summed E-state index contributed by atoms with van der Waals surface area (Å²) in [7, 11) is -3.58. The summed E-state index contributed by atoms with van der Waals surface area (Å²) in [6.07, 6.45) is 0. The molecule has 0 saturated carbocycles. The number of nitrogens with zero attached hydrogens (tertiary/aromatic N) is 3. The molecule has 1 fully saturated rings. The Hall–Kier alpha value is -1.87. The molecule has 0 radical (unpaired) electrons. The predicted molar refractivity (Wildman–Crippen MR) is 116 cm³/mol. The number of benzene rings is 2. The molecule has 0 atom stereocenters. The lowest BCUT2D eigenvalue weighted by Gasteiger charge is -2.34. The molecule has 0 aliphatic carbocycles. The maximum Gasteiger partial charge on any atom is 0.243 e. The van der Waals surface area contributed by atoms with E-state index in [-0.39, 0.29) is 10.8 Å². The van der Waals surface area contributed by atoms with E-state index < -0.39 is 10.0 Å². The molecule has 0 N–H and O–H groups in total. The Morgan fingerprint density at radius 3 is 2.41 bits per heavy atom. The minimum atomic E-state index is -3.58. The fraction of sp³-hybridized carbons (Fsp3) is 0.381. The van der Waals surface area contributed by atoms with Crippen molar-refractivity contribution in [2.45, 2.75) is 23.3 Å². The van der Waals surface area contributed by atoms with Crippen LogP contribution < -0.4 is 4.90 Å². The summed E-state index contributed by atoms with van der Waals surface area (Å²) >= 11 is 1.66. The molecule has 2 heterocycles. The zero-order valence-electron chi connectivity index (χ0n) is 16.5. The molecule has 1 saturated heterocycles. The summed E-state index contributed by atoms with van der Waals surface area (Å²) in [6.45, 7) is 5.30. The van der Waals surface area contributed by atoms with Gasteiger partial charge < -0.3 is 4.90 Å². The summed E-state index contributed by atoms with van der Waals surface area (Å²) in [5.41, 5.74) is 1.94. The summed E-state index contributed by atoms with van der Waals surface area (Å²) in [6, 6.07) is 15.4. The van der Waals surface area contributed by atoms with Crippen molar-refractivity contribution in [3.8, 4) is 0 Å². The normalized spacial score (nSPS) is 18.4. The number of thioether (sulfide) groups is 1. The van der Waals surface area contributed by atoms with Gasteiger partial charge in [-0.3, -0.25) is 9.69 Å². The molecule has 2 aromatic rings. The van der Waals surface area contributed by atoms with Crippen LogP contribution in [0.4, 0.5) is 5.69 Å². The first-order valence-electron chi connectivity index (χ1n) is 9.76. The van der Waals surface area contributed by atoms with Gasteiger partial charge in [-0.15, -0.1) is 11.8 Å². The highest BCUT2D eigenvalue weighted by atomic mass is 32.2. The summed E-state index contributed by atoms with van der Waals surface area (Å²) in [5.74, 6) is 0.762. The fourth-order valence-corrected chi connectivity index (χ4v) is 6.22. The minimum absolute atomic E-state index is 0.0596. The molecule has 2 aromatic carbocycles. The van der Waals surface area contributed by atoms with Crippen LogP contribution in [0.2, 0.25) is 0 Å². The Bertz CT molecular complexity index is 987. The zero-order valence-corrected chi connectivity index (χ0v) is 18.1. The van der Waals surface area contributed by atoms with Gasteiger partial charge >= 0.3 is 0 Å². The molecule has 0 aromatic heterocycles. The van der Waals surface area contributed by atoms with Gasteiger partial charge in [0.25, 0.3) is 0 Å². The third-order valence-corrected chi connectivity index (χ3v) is 8.33. The Balaban J connectivity index is 1.48. The van der Waals surface area contributed by atoms with Crippen LogP contribution in [0.5, 0.6) is 0 Å². The molecule has 8 heteroatoms. The molecule has 4 rings (SSSR count). The van der Waals surface area contributed by atoms with Crippen LogP contribution in [0.15, 0.2) is 58.3 Å². The van der Waals surface area contributed by atoms with E-state index in [0.717, 1.165) is 17.2 Å². The van der Waals surface area contributed by atoms with E-state index in [1.54, 1.807) is 33.1 Å². The van der Waals surface area contributed by atoms with E-state index >= 15 is 0 Å². The SMILES string of the molecule is CC(=O)N1CCSc2ccc(S(=O)(=O)N3CCN(Cc4ccccc4)CC3)cc21. The average molecular weight is 432 g/mol. The lowest BCUT2D eigenvalue weighted by molar-refractivity contribution is -0.116. The van der Waals surface area contributed by atoms with Gasteiger partial charge in [-0.25, -0.2) is 8.42 Å². The van der Waals surface area contributed by atoms with Crippen molar-refractivity contribution in [3.05, 3.63) is 54.1 Å². The van der Waals surface area contributed by atoms with Crippen LogP contribution in [-0.2, 0) is 21.4 Å². The summed E-state index contributed by atoms with van der Waals surface area (Å²) < 4.78 is 28.0. The molecule has 0 unspecified atom stereocenters. The van der Waals surface area contributed by atoms with Gasteiger partial charge in [-0.2, -0.15) is 4.31 Å². The van der Waals surface area contributed by atoms with Crippen LogP contribution >= 0.6 is 11.8 Å². The number of carbonyl (C=O) groups excluding carboxylic acids is 1. The van der Waals surface area contributed by atoms with Gasteiger partial charge in [0.15, 0.2) is 0 Å². The van der Waals surface area contributed by atoms with Gasteiger partial charge in [0.05, 0.1) is 10.6 Å². The first kappa shape index (κ1) is 20.4. The largest absolute Gasteiger partial charge is 0.311 e. The lowest BCUT2D eigenvalue weighted by atomic mass is 10.2. The topological polar surface area (TPSA) is 60.9 Å². The van der Waals surface area contributed by atoms with Gasteiger partial charge in [0.2, 0.25) is 15.9 Å². The number of anilines is 1. The van der Waals surface area contributed by atoms with E-state index in [0.29, 0.717) is 38.4 Å². The number of amides is 1. The number of sulfonamides is 1. The highest BCUT2D eigenvalue weighted by molar-refractivity contribution is 7.99. The second-order valence-corrected chi connectivity index (χ2v) is 10.4. The molecule has 1 amide bonds. The zero-order chi connectivity index (χ0) is 20.4. The van der Waals surface area contributed by atoms with Gasteiger partial charge in [-0.1, -0.05) is 30.3 Å². The standard InChI is InChI=1S/C21H25N3O3S2/c1-17(25)24-13-14-28-21-8-7-19(15-20(21)24)29(26,27)23-11-9-22(10-12-23)16-18-5-3-2-4-6-18/h2-8,15H,9-14,16H2,1H3. The Morgan fingerprint density at radius 1 is 1.00 bits per heavy atom. The first-order chi connectivity index (χ1) is 13.9. The molecule has 2 aliphatic heterocycles. The monoisotopic (exact) mass is 431 g/mol. The Kier molecular flexibility index (Phi) is 5.96. The van der Waals surface area contributed by atoms with Crippen molar-refractivity contribution < 1.29 is 13.2 Å². The average Bonchev–Trinajstić information content (AvgIpc) is 2.74. The van der Waals surface area contributed by atoms with Gasteiger partial charge in [0, 0.05) is 56.8 Å². The highest BCUT2D eigenvalue weighted by Crippen LogP contribution is 2.37. The summed E-state index contributed by atoms with van der Waals surface area (Å²) in [4.78, 5) is 17.1. The molecule has 6 nitrogen and oxygen atoms in total. The van der Waals surface area contributed by atoms with Crippen molar-refractivity contribution in [1.29, 1.82) is 0 Å². The fourth-order valence-electron chi connectivity index (χ4n) is 3.80. The van der Waals surface area contributed by atoms with Crippen LogP contribution in [0, 0.1) is 0 Å². The van der Waals surface area contributed by atoms with Crippen molar-refractivity contribution >= 4 is 33.4 Å². The smallest absolute Gasteiger partial charge is 0.243 e. The Morgan fingerprint density at radius 2 is 1.72 bits per heavy atom. The van der Waals surface area contributed by atoms with Crippen molar-refractivity contribution in [1.82, 2.24) is 9.21 Å². The number of hydrogen-bond donors (Lipinski definition) is 0. The number of hydrogen-bond acceptors (Lipinski definition) is 5. The number of piperazine rings is 1. The first-order valence-corrected chi connectivity index (χ1v) is 12.2. The molecular formula is C21H25N3O3S2. The van der Waals surface area contributed by atoms with E-state index in [1.165, 1.54) is 12.5 Å². The second-order valence-electron chi connectivity index (χ2n) is 7.31. The second kappa shape index (κ2) is 8.47. The van der Waals surface area contributed by atoms with Gasteiger partial charge in [-0.05, 0) is 23.8 Å². The van der Waals surface area contributed by atoms with Crippen LogP contribution in [0.3, 0.4) is 0 Å². The molecule has 29 heavy (non-hydrogen) atoms. The maximum absolute atomic E-state index is 13.2. The molecule has 0 spiro atoms. The van der Waals surface area contributed by atoms with Crippen molar-refractivity contribution in [2.75, 3.05) is 43.4 Å². The van der Waals surface area contributed by atoms with E-state index in [1.807, 2.05) is 24.3 Å². The highest BCUT2D eigenvalue weighted by Gasteiger charge is 2.30. The lowest BCUT2D eigenvalue weighted by Crippen LogP contribution is -2.48. The number of rotatable bonds is 4. The molecule has 0 bridgehead atoms. The number of carbonyl (C=O) groups is 1. The molecule has 2 aliphatic rings. The van der Waals surface area contributed by atoms with Crippen LogP contribution in [-0.4, -0.2) is 62.0 Å². The molecular weight excluding hydrogens is 406 g/mol. The van der Waals surface area contributed by atoms with Gasteiger partial charge in [0.1, 0.15) is 0 Å². The van der Waals surface area contributed by atoms with Crippen LogP contribution in [0.25, 0.3) is 0 Å². The van der Waals surface area contributed by atoms with Crippen molar-refractivity contribution in [2.24, 2.45) is 0 Å². The van der Waals surface area contributed by atoms with E-state index in [4.69, 9.17) is 0 Å². The molecule has 154 valence electrons. The number of fused-ring (bicyclic) bond motifs is 1. The Labute approximate surface area is 176 Å². The third-order valence-electron chi connectivity index (χ3n) is 5.39. The predicted octanol–water partition coefficient (Wildman–Crippen LogP) is 2.65. The maximum atomic E-state index is 13.2. The summed E-state index contributed by atoms with van der Waals surface area (Å²) in [5, 5.41) is 0. The van der Waals surface area contributed by atoms with E-state index in [9.17, 15) is 13.2 Å². The van der Waals surface area contributed by atoms with E-state index in [2.05, 4.69) is 17.0 Å². The van der Waals surface area contributed by atoms with Crippen LogP contribution in [0.1, 0.15) is 12.5 Å².